The molecule has 0 spiro atoms. The zero-order valence-electron chi connectivity index (χ0n) is 7.74. The summed E-state index contributed by atoms with van der Waals surface area (Å²) in [6.07, 6.45) is -0.0941. The lowest BCUT2D eigenvalue weighted by Gasteiger charge is -2.04. The van der Waals surface area contributed by atoms with Crippen molar-refractivity contribution in [3.63, 3.8) is 0 Å². The van der Waals surface area contributed by atoms with Crippen molar-refractivity contribution in [2.75, 3.05) is 0 Å². The molecule has 4 nitrogen and oxygen atoms in total. The fourth-order valence-electron chi connectivity index (χ4n) is 1.21. The molecule has 0 aliphatic carbocycles. The van der Waals surface area contributed by atoms with E-state index in [0.29, 0.717) is 5.56 Å². The third-order valence-corrected chi connectivity index (χ3v) is 1.91. The Morgan fingerprint density at radius 2 is 1.93 bits per heavy atom. The highest BCUT2D eigenvalue weighted by molar-refractivity contribution is 5.89. The molecule has 0 amide bonds. The number of hydrogen-bond acceptors (Lipinski definition) is 2. The highest BCUT2D eigenvalue weighted by Gasteiger charge is 2.11. The molecule has 5 heteroatoms. The summed E-state index contributed by atoms with van der Waals surface area (Å²) in [5.41, 5.74) is 0.141. The third-order valence-electron chi connectivity index (χ3n) is 1.91. The molecular formula is C10H9FO4. The summed E-state index contributed by atoms with van der Waals surface area (Å²) in [5.74, 6) is -2.92. The summed E-state index contributed by atoms with van der Waals surface area (Å²) in [4.78, 5) is 21.0. The molecule has 1 aromatic rings. The number of halogens is 1. The van der Waals surface area contributed by atoms with E-state index in [1.165, 1.54) is 6.07 Å². The fraction of sp³-hybridized carbons (Fsp3) is 0.200. The average Bonchev–Trinajstić information content (AvgIpc) is 2.15. The normalized spacial score (nSPS) is 9.93. The van der Waals surface area contributed by atoms with Crippen LogP contribution in [0.1, 0.15) is 22.3 Å². The van der Waals surface area contributed by atoms with Gasteiger partial charge in [-0.15, -0.1) is 0 Å². The Bertz CT molecular complexity index is 400. The molecule has 0 saturated carbocycles. The molecule has 1 rings (SSSR count). The van der Waals surface area contributed by atoms with Gasteiger partial charge in [-0.3, -0.25) is 4.79 Å². The summed E-state index contributed by atoms with van der Waals surface area (Å²) in [5, 5.41) is 17.2. The molecule has 0 radical (unpaired) electrons. The Kier molecular flexibility index (Phi) is 3.38. The van der Waals surface area contributed by atoms with E-state index in [2.05, 4.69) is 0 Å². The van der Waals surface area contributed by atoms with Gasteiger partial charge >= 0.3 is 11.9 Å². The van der Waals surface area contributed by atoms with Crippen molar-refractivity contribution in [3.8, 4) is 0 Å². The minimum absolute atomic E-state index is 0.0806. The number of carboxylic acids is 2. The van der Waals surface area contributed by atoms with E-state index in [1.54, 1.807) is 0 Å². The number of hydrogen-bond donors (Lipinski definition) is 2. The summed E-state index contributed by atoms with van der Waals surface area (Å²) in [6.45, 7) is 0. The summed E-state index contributed by atoms with van der Waals surface area (Å²) >= 11 is 0. The van der Waals surface area contributed by atoms with Crippen molar-refractivity contribution < 1.29 is 24.2 Å². The van der Waals surface area contributed by atoms with Gasteiger partial charge in [0.05, 0.1) is 5.56 Å². The predicted molar refractivity (Wildman–Crippen MR) is 49.3 cm³/mol. The summed E-state index contributed by atoms with van der Waals surface area (Å²) in [7, 11) is 0. The van der Waals surface area contributed by atoms with Gasteiger partial charge in [0.25, 0.3) is 0 Å². The molecular weight excluding hydrogens is 203 g/mol. The van der Waals surface area contributed by atoms with Crippen LogP contribution in [0.4, 0.5) is 4.39 Å². The number of carboxylic acid groups (broad SMARTS) is 2. The maximum Gasteiger partial charge on any atom is 0.336 e. The molecule has 0 fully saturated rings. The zero-order valence-corrected chi connectivity index (χ0v) is 7.74. The van der Waals surface area contributed by atoms with Crippen LogP contribution in [-0.2, 0) is 11.2 Å². The summed E-state index contributed by atoms with van der Waals surface area (Å²) in [6, 6.07) is 3.30. The molecule has 0 aliphatic heterocycles. The zero-order chi connectivity index (χ0) is 11.4. The standard InChI is InChI=1S/C10H9FO4/c11-7-3-1-6(2-4-9(12)13)8(5-7)10(14)15/h1,3,5H,2,4H2,(H,12,13)(H,14,15). The first-order valence-corrected chi connectivity index (χ1v) is 4.24. The highest BCUT2D eigenvalue weighted by atomic mass is 19.1. The van der Waals surface area contributed by atoms with Crippen LogP contribution in [-0.4, -0.2) is 22.2 Å². The average molecular weight is 212 g/mol. The van der Waals surface area contributed by atoms with Crippen molar-refractivity contribution in [2.24, 2.45) is 0 Å². The fourth-order valence-corrected chi connectivity index (χ4v) is 1.21. The van der Waals surface area contributed by atoms with Crippen molar-refractivity contribution >= 4 is 11.9 Å². The quantitative estimate of drug-likeness (QED) is 0.793. The molecule has 0 heterocycles. The smallest absolute Gasteiger partial charge is 0.336 e. The van der Waals surface area contributed by atoms with E-state index in [0.717, 1.165) is 12.1 Å². The minimum atomic E-state index is -1.25. The van der Waals surface area contributed by atoms with E-state index in [-0.39, 0.29) is 18.4 Å². The van der Waals surface area contributed by atoms with Gasteiger partial charge in [0.15, 0.2) is 0 Å². The van der Waals surface area contributed by atoms with Crippen LogP contribution in [0.25, 0.3) is 0 Å². The lowest BCUT2D eigenvalue weighted by molar-refractivity contribution is -0.136. The summed E-state index contributed by atoms with van der Waals surface area (Å²) < 4.78 is 12.7. The van der Waals surface area contributed by atoms with Gasteiger partial charge in [0, 0.05) is 6.42 Å². The van der Waals surface area contributed by atoms with Crippen LogP contribution in [0.3, 0.4) is 0 Å². The number of rotatable bonds is 4. The highest BCUT2D eigenvalue weighted by Crippen LogP contribution is 2.13. The van der Waals surface area contributed by atoms with Crippen LogP contribution < -0.4 is 0 Å². The number of carbonyl (C=O) groups is 2. The minimum Gasteiger partial charge on any atom is -0.481 e. The van der Waals surface area contributed by atoms with Gasteiger partial charge in [0.1, 0.15) is 5.82 Å². The Morgan fingerprint density at radius 3 is 2.47 bits per heavy atom. The molecule has 0 unspecified atom stereocenters. The second-order valence-corrected chi connectivity index (χ2v) is 3.00. The van der Waals surface area contributed by atoms with Crippen molar-refractivity contribution in [1.82, 2.24) is 0 Å². The molecule has 80 valence electrons. The molecule has 15 heavy (non-hydrogen) atoms. The van der Waals surface area contributed by atoms with Gasteiger partial charge in [-0.2, -0.15) is 0 Å². The predicted octanol–water partition coefficient (Wildman–Crippen LogP) is 1.54. The molecule has 0 bridgehead atoms. The maximum absolute atomic E-state index is 12.7. The monoisotopic (exact) mass is 212 g/mol. The van der Waals surface area contributed by atoms with E-state index in [9.17, 15) is 14.0 Å². The SMILES string of the molecule is O=C(O)CCc1ccc(F)cc1C(=O)O. The lowest BCUT2D eigenvalue weighted by atomic mass is 10.0. The molecule has 0 aliphatic rings. The first kappa shape index (κ1) is 11.2. The van der Waals surface area contributed by atoms with Crippen LogP contribution in [0, 0.1) is 5.82 Å². The van der Waals surface area contributed by atoms with Gasteiger partial charge in [0.2, 0.25) is 0 Å². The van der Waals surface area contributed by atoms with E-state index < -0.39 is 17.8 Å². The Balaban J connectivity index is 2.95. The number of aryl methyl sites for hydroxylation is 1. The van der Waals surface area contributed by atoms with Crippen LogP contribution >= 0.6 is 0 Å². The number of benzene rings is 1. The first-order chi connectivity index (χ1) is 7.00. The van der Waals surface area contributed by atoms with E-state index in [4.69, 9.17) is 10.2 Å². The van der Waals surface area contributed by atoms with Crippen molar-refractivity contribution in [3.05, 3.63) is 35.1 Å². The molecule has 1 aromatic carbocycles. The van der Waals surface area contributed by atoms with E-state index in [1.807, 2.05) is 0 Å². The largest absolute Gasteiger partial charge is 0.481 e. The Labute approximate surface area is 85.0 Å². The van der Waals surface area contributed by atoms with Crippen LogP contribution in [0.15, 0.2) is 18.2 Å². The van der Waals surface area contributed by atoms with Gasteiger partial charge in [-0.25, -0.2) is 9.18 Å². The van der Waals surface area contributed by atoms with Crippen LogP contribution in [0.2, 0.25) is 0 Å². The third kappa shape index (κ3) is 3.05. The Hall–Kier alpha value is -1.91. The maximum atomic E-state index is 12.7. The van der Waals surface area contributed by atoms with Gasteiger partial charge in [-0.1, -0.05) is 6.07 Å². The lowest BCUT2D eigenvalue weighted by Crippen LogP contribution is -2.05. The van der Waals surface area contributed by atoms with E-state index >= 15 is 0 Å². The molecule has 0 aromatic heterocycles. The second kappa shape index (κ2) is 4.54. The van der Waals surface area contributed by atoms with Crippen LogP contribution in [0.5, 0.6) is 0 Å². The number of aromatic carboxylic acids is 1. The molecule has 0 saturated heterocycles. The second-order valence-electron chi connectivity index (χ2n) is 3.00. The molecule has 2 N–H and O–H groups in total. The Morgan fingerprint density at radius 1 is 1.27 bits per heavy atom. The van der Waals surface area contributed by atoms with Crippen molar-refractivity contribution in [1.29, 1.82) is 0 Å². The molecule has 0 atom stereocenters. The number of aliphatic carboxylic acids is 1. The topological polar surface area (TPSA) is 74.6 Å². The van der Waals surface area contributed by atoms with Gasteiger partial charge in [-0.05, 0) is 24.1 Å². The van der Waals surface area contributed by atoms with Gasteiger partial charge < -0.3 is 10.2 Å². The van der Waals surface area contributed by atoms with Crippen molar-refractivity contribution in [2.45, 2.75) is 12.8 Å². The first-order valence-electron chi connectivity index (χ1n) is 4.24.